The number of hydrogen-bond acceptors (Lipinski definition) is 3. The van der Waals surface area contributed by atoms with Gasteiger partial charge < -0.3 is 9.97 Å². The van der Waals surface area contributed by atoms with Crippen LogP contribution in [0.15, 0.2) is 24.4 Å². The summed E-state index contributed by atoms with van der Waals surface area (Å²) in [7, 11) is 0. The first-order valence-electron chi connectivity index (χ1n) is 8.53. The first-order chi connectivity index (χ1) is 11.5. The average Bonchev–Trinajstić information content (AvgIpc) is 3.27. The molecule has 0 aliphatic rings. The maximum atomic E-state index is 4.71. The quantitative estimate of drug-likeness (QED) is 0.493. The predicted octanol–water partition coefficient (Wildman–Crippen LogP) is 5.80. The van der Waals surface area contributed by atoms with Crippen molar-refractivity contribution in [2.75, 3.05) is 0 Å². The molecule has 5 heteroatoms. The van der Waals surface area contributed by atoms with Gasteiger partial charge in [0.15, 0.2) is 0 Å². The van der Waals surface area contributed by atoms with Crippen molar-refractivity contribution in [2.45, 2.75) is 46.0 Å². The van der Waals surface area contributed by atoms with Crippen molar-refractivity contribution in [3.05, 3.63) is 36.0 Å². The van der Waals surface area contributed by atoms with Gasteiger partial charge in [-0.1, -0.05) is 27.7 Å². The van der Waals surface area contributed by atoms with Gasteiger partial charge in [-0.05, 0) is 30.0 Å². The maximum Gasteiger partial charge on any atom is 0.109 e. The predicted molar refractivity (Wildman–Crippen MR) is 102 cm³/mol. The molecule has 4 aromatic rings. The van der Waals surface area contributed by atoms with Gasteiger partial charge in [-0.2, -0.15) is 0 Å². The molecule has 0 spiro atoms. The third kappa shape index (κ3) is 2.53. The zero-order chi connectivity index (χ0) is 16.8. The molecular formula is C19H22N4S. The van der Waals surface area contributed by atoms with Crippen LogP contribution >= 0.6 is 11.3 Å². The monoisotopic (exact) mass is 338 g/mol. The third-order valence-electron chi connectivity index (χ3n) is 4.63. The van der Waals surface area contributed by atoms with Crippen molar-refractivity contribution < 1.29 is 0 Å². The fourth-order valence-corrected chi connectivity index (χ4v) is 3.92. The van der Waals surface area contributed by atoms with E-state index in [1.807, 2.05) is 6.20 Å². The smallest absolute Gasteiger partial charge is 0.109 e. The van der Waals surface area contributed by atoms with Gasteiger partial charge in [0.2, 0.25) is 0 Å². The molecule has 0 amide bonds. The van der Waals surface area contributed by atoms with Crippen molar-refractivity contribution >= 4 is 32.5 Å². The highest BCUT2D eigenvalue weighted by Gasteiger charge is 2.13. The van der Waals surface area contributed by atoms with Crippen molar-refractivity contribution in [3.63, 3.8) is 0 Å². The Labute approximate surface area is 145 Å². The highest BCUT2D eigenvalue weighted by atomic mass is 32.1. The van der Waals surface area contributed by atoms with Gasteiger partial charge in [-0.15, -0.1) is 11.3 Å². The normalized spacial score (nSPS) is 13.4. The van der Waals surface area contributed by atoms with Crippen LogP contribution in [0.5, 0.6) is 0 Å². The van der Waals surface area contributed by atoms with Crippen LogP contribution in [0.4, 0.5) is 0 Å². The number of nitrogens with zero attached hydrogens (tertiary/aromatic N) is 2. The van der Waals surface area contributed by atoms with E-state index in [4.69, 9.17) is 4.98 Å². The van der Waals surface area contributed by atoms with Crippen LogP contribution in [-0.4, -0.2) is 19.9 Å². The molecule has 4 rings (SSSR count). The molecule has 0 aliphatic carbocycles. The Morgan fingerprint density at radius 1 is 1.08 bits per heavy atom. The zero-order valence-electron chi connectivity index (χ0n) is 14.5. The summed E-state index contributed by atoms with van der Waals surface area (Å²) in [6.07, 6.45) is 3.04. The average molecular weight is 338 g/mol. The SMILES string of the molecule is CCC(C)c1ncc(-c2cc3cc4[nH]c(C(C)C)nc4cc3s2)[nH]1. The van der Waals surface area contributed by atoms with E-state index >= 15 is 0 Å². The number of nitrogens with one attached hydrogen (secondary N) is 2. The van der Waals surface area contributed by atoms with E-state index in [1.54, 1.807) is 11.3 Å². The highest BCUT2D eigenvalue weighted by molar-refractivity contribution is 7.22. The minimum absolute atomic E-state index is 0.412. The molecule has 1 unspecified atom stereocenters. The van der Waals surface area contributed by atoms with Crippen molar-refractivity contribution in [3.8, 4) is 10.6 Å². The molecule has 4 nitrogen and oxygen atoms in total. The van der Waals surface area contributed by atoms with Crippen LogP contribution in [0.2, 0.25) is 0 Å². The van der Waals surface area contributed by atoms with Gasteiger partial charge in [0, 0.05) is 16.5 Å². The summed E-state index contributed by atoms with van der Waals surface area (Å²) in [6.45, 7) is 8.71. The lowest BCUT2D eigenvalue weighted by molar-refractivity contribution is 0.690. The molecule has 1 atom stereocenters. The lowest BCUT2D eigenvalue weighted by atomic mass is 10.1. The van der Waals surface area contributed by atoms with Crippen LogP contribution in [0.3, 0.4) is 0 Å². The molecule has 1 aromatic carbocycles. The molecular weight excluding hydrogens is 316 g/mol. The van der Waals surface area contributed by atoms with E-state index in [9.17, 15) is 0 Å². The maximum absolute atomic E-state index is 4.71. The molecule has 2 N–H and O–H groups in total. The molecule has 124 valence electrons. The Morgan fingerprint density at radius 2 is 1.92 bits per heavy atom. The zero-order valence-corrected chi connectivity index (χ0v) is 15.3. The fourth-order valence-electron chi connectivity index (χ4n) is 2.88. The summed E-state index contributed by atoms with van der Waals surface area (Å²) in [5.41, 5.74) is 3.26. The van der Waals surface area contributed by atoms with Crippen molar-refractivity contribution in [1.29, 1.82) is 0 Å². The number of rotatable bonds is 4. The van der Waals surface area contributed by atoms with Gasteiger partial charge in [0.05, 0.1) is 27.8 Å². The second-order valence-corrected chi connectivity index (χ2v) is 7.87. The van der Waals surface area contributed by atoms with Gasteiger partial charge in [-0.25, -0.2) is 9.97 Å². The van der Waals surface area contributed by atoms with E-state index < -0.39 is 0 Å². The van der Waals surface area contributed by atoms with Crippen LogP contribution in [0, 0.1) is 0 Å². The Kier molecular flexibility index (Phi) is 3.68. The summed E-state index contributed by atoms with van der Waals surface area (Å²) < 4.78 is 1.26. The summed E-state index contributed by atoms with van der Waals surface area (Å²) in [5.74, 6) is 3.00. The number of aromatic nitrogens is 4. The summed E-state index contributed by atoms with van der Waals surface area (Å²) in [4.78, 5) is 17.4. The van der Waals surface area contributed by atoms with Crippen LogP contribution in [0.25, 0.3) is 31.7 Å². The van der Waals surface area contributed by atoms with E-state index in [0.29, 0.717) is 11.8 Å². The van der Waals surface area contributed by atoms with E-state index in [-0.39, 0.29) is 0 Å². The standard InChI is InChI=1S/C19H22N4S/c1-5-11(4)19-20-9-15(23-19)17-7-12-6-13-14(8-16(12)24-17)22-18(21-13)10(2)3/h6-11H,5H2,1-4H3,(H,20,23)(H,21,22). The fraction of sp³-hybridized carbons (Fsp3) is 0.368. The van der Waals surface area contributed by atoms with E-state index in [0.717, 1.165) is 34.8 Å². The molecule has 0 bridgehead atoms. The number of benzene rings is 1. The molecule has 3 heterocycles. The van der Waals surface area contributed by atoms with Crippen molar-refractivity contribution in [2.24, 2.45) is 0 Å². The summed E-state index contributed by atoms with van der Waals surface area (Å²) in [6, 6.07) is 6.63. The lowest BCUT2D eigenvalue weighted by Gasteiger charge is -2.02. The molecule has 0 saturated carbocycles. The molecule has 0 aliphatic heterocycles. The first-order valence-corrected chi connectivity index (χ1v) is 9.35. The number of imidazole rings is 2. The number of fused-ring (bicyclic) bond motifs is 2. The molecule has 3 aromatic heterocycles. The minimum atomic E-state index is 0.412. The van der Waals surface area contributed by atoms with E-state index in [2.05, 4.69) is 60.8 Å². The minimum Gasteiger partial charge on any atom is -0.342 e. The Morgan fingerprint density at radius 3 is 2.67 bits per heavy atom. The number of hydrogen-bond donors (Lipinski definition) is 2. The van der Waals surface area contributed by atoms with E-state index in [1.165, 1.54) is 15.0 Å². The number of aromatic amines is 2. The number of thiophene rings is 1. The number of H-pyrrole nitrogens is 2. The van der Waals surface area contributed by atoms with Gasteiger partial charge in [0.1, 0.15) is 11.6 Å². The van der Waals surface area contributed by atoms with Gasteiger partial charge >= 0.3 is 0 Å². The molecule has 0 radical (unpaired) electrons. The molecule has 0 saturated heterocycles. The lowest BCUT2D eigenvalue weighted by Crippen LogP contribution is -1.93. The summed E-state index contributed by atoms with van der Waals surface area (Å²) in [5, 5.41) is 1.25. The Balaban J connectivity index is 1.76. The highest BCUT2D eigenvalue weighted by Crippen LogP contribution is 2.35. The van der Waals surface area contributed by atoms with Crippen LogP contribution in [0.1, 0.15) is 57.6 Å². The third-order valence-corrected chi connectivity index (χ3v) is 5.76. The van der Waals surface area contributed by atoms with Gasteiger partial charge in [-0.3, -0.25) is 0 Å². The van der Waals surface area contributed by atoms with Crippen LogP contribution in [-0.2, 0) is 0 Å². The summed E-state index contributed by atoms with van der Waals surface area (Å²) >= 11 is 1.79. The van der Waals surface area contributed by atoms with Crippen LogP contribution < -0.4 is 0 Å². The first kappa shape index (κ1) is 15.4. The largest absolute Gasteiger partial charge is 0.342 e. The molecule has 24 heavy (non-hydrogen) atoms. The van der Waals surface area contributed by atoms with Gasteiger partial charge in [0.25, 0.3) is 0 Å². The second-order valence-electron chi connectivity index (χ2n) is 6.79. The molecule has 0 fully saturated rings. The Bertz CT molecular complexity index is 954. The van der Waals surface area contributed by atoms with Crippen molar-refractivity contribution in [1.82, 2.24) is 19.9 Å². The topological polar surface area (TPSA) is 57.4 Å². The Hall–Kier alpha value is -2.14. The second kappa shape index (κ2) is 5.74.